The zero-order chi connectivity index (χ0) is 22.5. The first-order chi connectivity index (χ1) is 15.5. The molecule has 32 heavy (non-hydrogen) atoms. The first-order valence-electron chi connectivity index (χ1n) is 9.44. The molecule has 0 aliphatic rings. The van der Waals surface area contributed by atoms with Crippen molar-refractivity contribution in [1.29, 1.82) is 0 Å². The molecule has 1 aromatic heterocycles. The van der Waals surface area contributed by atoms with Gasteiger partial charge >= 0.3 is 5.97 Å². The molecule has 1 heterocycles. The van der Waals surface area contributed by atoms with Crippen molar-refractivity contribution in [2.24, 2.45) is 0 Å². The third-order valence-electron chi connectivity index (χ3n) is 4.51. The summed E-state index contributed by atoms with van der Waals surface area (Å²) in [4.78, 5) is 16.5. The van der Waals surface area contributed by atoms with Gasteiger partial charge in [-0.1, -0.05) is 47.9 Å². The van der Waals surface area contributed by atoms with E-state index in [1.165, 1.54) is 0 Å². The summed E-state index contributed by atoms with van der Waals surface area (Å²) >= 11 is 6.86. The minimum atomic E-state index is -1.11. The van der Waals surface area contributed by atoms with Gasteiger partial charge in [0, 0.05) is 16.1 Å². The number of hydrogen-bond donors (Lipinski definition) is 2. The molecule has 158 valence electrons. The molecule has 0 radical (unpaired) electrons. The molecule has 2 N–H and O–H groups in total. The Morgan fingerprint density at radius 1 is 1.19 bits per heavy atom. The van der Waals surface area contributed by atoms with Crippen LogP contribution in [0.2, 0.25) is 5.02 Å². The lowest BCUT2D eigenvalue weighted by Gasteiger charge is -2.11. The summed E-state index contributed by atoms with van der Waals surface area (Å²) in [6.07, 6.45) is 6.89. The van der Waals surface area contributed by atoms with E-state index in [-0.39, 0.29) is 16.7 Å². The Kier molecular flexibility index (Phi) is 6.45. The van der Waals surface area contributed by atoms with Gasteiger partial charge in [-0.25, -0.2) is 9.78 Å². The van der Waals surface area contributed by atoms with Gasteiger partial charge in [0.25, 0.3) is 0 Å². The lowest BCUT2D eigenvalue weighted by atomic mass is 10.0. The number of aromatic amines is 1. The number of nitrogens with zero attached hydrogens (tertiary/aromatic N) is 2. The van der Waals surface area contributed by atoms with Crippen LogP contribution in [0.15, 0.2) is 70.7 Å². The largest absolute Gasteiger partial charge is 0.480 e. The maximum Gasteiger partial charge on any atom is 0.342 e. The lowest BCUT2D eigenvalue weighted by molar-refractivity contribution is -0.131. The minimum absolute atomic E-state index is 0.0357. The van der Waals surface area contributed by atoms with Gasteiger partial charge in [0.05, 0.1) is 0 Å². The van der Waals surface area contributed by atoms with Crippen molar-refractivity contribution in [2.75, 3.05) is 6.61 Å². The van der Waals surface area contributed by atoms with Crippen molar-refractivity contribution < 1.29 is 14.6 Å². The van der Waals surface area contributed by atoms with Crippen LogP contribution in [0.25, 0.3) is 28.2 Å². The molecule has 4 rings (SSSR count). The predicted molar refractivity (Wildman–Crippen MR) is 127 cm³/mol. The molecule has 0 atom stereocenters. The van der Waals surface area contributed by atoms with Crippen LogP contribution in [-0.4, -0.2) is 32.9 Å². The number of rotatable bonds is 7. The van der Waals surface area contributed by atoms with Crippen molar-refractivity contribution in [3.8, 4) is 29.5 Å². The molecular weight excluding hydrogens is 446 g/mol. The van der Waals surface area contributed by atoms with Crippen LogP contribution in [-0.2, 0) is 4.79 Å². The number of ether oxygens (including phenoxy) is 1. The number of H-pyrrole nitrogens is 1. The topological polar surface area (TPSA) is 88.1 Å². The molecule has 0 spiro atoms. The summed E-state index contributed by atoms with van der Waals surface area (Å²) in [6.45, 7) is 0.0695. The fourth-order valence-corrected chi connectivity index (χ4v) is 3.88. The molecule has 4 aromatic rings. The second-order valence-electron chi connectivity index (χ2n) is 6.58. The molecule has 0 saturated carbocycles. The highest BCUT2D eigenvalue weighted by molar-refractivity contribution is 8.04. The highest BCUT2D eigenvalue weighted by atomic mass is 35.5. The van der Waals surface area contributed by atoms with Gasteiger partial charge in [-0.05, 0) is 58.9 Å². The molecule has 0 amide bonds. The molecule has 6 nitrogen and oxygen atoms in total. The van der Waals surface area contributed by atoms with E-state index in [9.17, 15) is 9.90 Å². The van der Waals surface area contributed by atoms with E-state index in [0.29, 0.717) is 22.2 Å². The molecule has 3 aromatic carbocycles. The lowest BCUT2D eigenvalue weighted by Crippen LogP contribution is -2.00. The van der Waals surface area contributed by atoms with Crippen LogP contribution in [0.5, 0.6) is 5.75 Å². The number of thioether (sulfide) groups is 1. The van der Waals surface area contributed by atoms with E-state index < -0.39 is 5.97 Å². The van der Waals surface area contributed by atoms with Crippen LogP contribution in [0.4, 0.5) is 0 Å². The Morgan fingerprint density at radius 2 is 1.97 bits per heavy atom. The third-order valence-corrected chi connectivity index (χ3v) is 5.64. The zero-order valence-electron chi connectivity index (χ0n) is 16.6. The van der Waals surface area contributed by atoms with E-state index >= 15 is 0 Å². The van der Waals surface area contributed by atoms with Gasteiger partial charge in [0.15, 0.2) is 5.82 Å². The average Bonchev–Trinajstić information content (AvgIpc) is 3.27. The number of terminal acetylenes is 1. The molecule has 0 unspecified atom stereocenters. The fourth-order valence-electron chi connectivity index (χ4n) is 3.06. The Balaban J connectivity index is 1.71. The van der Waals surface area contributed by atoms with E-state index in [1.54, 1.807) is 36.4 Å². The highest BCUT2D eigenvalue weighted by Gasteiger charge is 2.17. The number of carbonyl (C=O) groups is 1. The fraction of sp³-hybridized carbons (Fsp3) is 0.0417. The van der Waals surface area contributed by atoms with Crippen molar-refractivity contribution >= 4 is 46.2 Å². The second-order valence-corrected chi connectivity index (χ2v) is 8.03. The molecule has 0 saturated heterocycles. The van der Waals surface area contributed by atoms with Crippen LogP contribution in [0.1, 0.15) is 5.56 Å². The van der Waals surface area contributed by atoms with Crippen LogP contribution in [0, 0.1) is 12.3 Å². The van der Waals surface area contributed by atoms with Crippen molar-refractivity contribution in [3.63, 3.8) is 0 Å². The first-order valence-corrected chi connectivity index (χ1v) is 10.6. The number of carboxylic acid groups (broad SMARTS) is 1. The zero-order valence-corrected chi connectivity index (χ0v) is 18.2. The SMILES string of the molecule is C#CCOc1ccc2ccccc2c1/C=C(\Sc1n[nH]c(-c2ccc(Cl)cc2)n1)C(=O)O. The Morgan fingerprint density at radius 3 is 2.72 bits per heavy atom. The van der Waals surface area contributed by atoms with E-state index in [1.807, 2.05) is 30.3 Å². The van der Waals surface area contributed by atoms with Gasteiger partial charge < -0.3 is 9.84 Å². The molecule has 0 bridgehead atoms. The number of fused-ring (bicyclic) bond motifs is 1. The number of benzene rings is 3. The van der Waals surface area contributed by atoms with Gasteiger partial charge in [-0.15, -0.1) is 11.5 Å². The Bertz CT molecular complexity index is 1360. The quantitative estimate of drug-likeness (QED) is 0.214. The Labute approximate surface area is 193 Å². The summed E-state index contributed by atoms with van der Waals surface area (Å²) in [5.41, 5.74) is 1.41. The molecule has 0 aliphatic carbocycles. The van der Waals surface area contributed by atoms with Gasteiger partial charge in [-0.3, -0.25) is 5.10 Å². The predicted octanol–water partition coefficient (Wildman–Crippen LogP) is 5.51. The summed E-state index contributed by atoms with van der Waals surface area (Å²) in [5, 5.41) is 19.5. The molecule has 8 heteroatoms. The molecule has 0 fully saturated rings. The first kappa shape index (κ1) is 21.5. The number of aromatic nitrogens is 3. The maximum absolute atomic E-state index is 12.0. The van der Waals surface area contributed by atoms with E-state index in [0.717, 1.165) is 28.1 Å². The number of nitrogens with one attached hydrogen (secondary N) is 1. The standard InChI is InChI=1S/C24H16ClN3O3S/c1-2-13-31-20-12-9-15-5-3-4-6-18(15)19(20)14-21(23(29)30)32-24-26-22(27-28-24)16-7-10-17(25)11-8-16/h1,3-12,14H,13H2,(H,29,30)(H,26,27,28)/b21-14-. The van der Waals surface area contributed by atoms with E-state index in [4.69, 9.17) is 22.8 Å². The number of carboxylic acids is 1. The third kappa shape index (κ3) is 4.78. The molecular formula is C24H16ClN3O3S. The summed E-state index contributed by atoms with van der Waals surface area (Å²) < 4.78 is 5.67. The normalized spacial score (nSPS) is 11.3. The monoisotopic (exact) mass is 461 g/mol. The molecule has 0 aliphatic heterocycles. The van der Waals surface area contributed by atoms with Crippen LogP contribution in [0.3, 0.4) is 0 Å². The van der Waals surface area contributed by atoms with Crippen molar-refractivity contribution in [2.45, 2.75) is 5.16 Å². The summed E-state index contributed by atoms with van der Waals surface area (Å²) in [7, 11) is 0. The smallest absolute Gasteiger partial charge is 0.342 e. The van der Waals surface area contributed by atoms with Gasteiger partial charge in [0.2, 0.25) is 5.16 Å². The van der Waals surface area contributed by atoms with Gasteiger partial charge in [-0.2, -0.15) is 0 Å². The van der Waals surface area contributed by atoms with Crippen LogP contribution < -0.4 is 4.74 Å². The average molecular weight is 462 g/mol. The highest BCUT2D eigenvalue weighted by Crippen LogP contribution is 2.34. The van der Waals surface area contributed by atoms with E-state index in [2.05, 4.69) is 21.1 Å². The van der Waals surface area contributed by atoms with Gasteiger partial charge in [0.1, 0.15) is 17.3 Å². The maximum atomic E-state index is 12.0. The Hall–Kier alpha value is -3.73. The van der Waals surface area contributed by atoms with Crippen molar-refractivity contribution in [3.05, 3.63) is 76.2 Å². The number of hydrogen-bond acceptors (Lipinski definition) is 5. The number of aliphatic carboxylic acids is 1. The summed E-state index contributed by atoms with van der Waals surface area (Å²) in [5.74, 6) is 2.33. The van der Waals surface area contributed by atoms with Crippen molar-refractivity contribution in [1.82, 2.24) is 15.2 Å². The second kappa shape index (κ2) is 9.60. The van der Waals surface area contributed by atoms with Crippen LogP contribution >= 0.6 is 23.4 Å². The minimum Gasteiger partial charge on any atom is -0.480 e. The number of halogens is 1. The summed E-state index contributed by atoms with van der Waals surface area (Å²) in [6, 6.07) is 18.4.